The normalized spacial score (nSPS) is 22.9. The molecular formula is C14H15F4NO. The predicted molar refractivity (Wildman–Crippen MR) is 65.5 cm³/mol. The molecule has 2 rings (SSSR count). The zero-order valence-electron chi connectivity index (χ0n) is 11.0. The molecule has 2 nitrogen and oxygen atoms in total. The van der Waals surface area contributed by atoms with E-state index in [0.29, 0.717) is 24.8 Å². The van der Waals surface area contributed by atoms with Crippen molar-refractivity contribution >= 4 is 5.91 Å². The fourth-order valence-corrected chi connectivity index (χ4v) is 2.59. The lowest BCUT2D eigenvalue weighted by atomic mass is 9.86. The summed E-state index contributed by atoms with van der Waals surface area (Å²) in [6.45, 7) is 1.87. The maximum Gasteiger partial charge on any atom is 0.419 e. The minimum Gasteiger partial charge on any atom is -0.350 e. The first-order chi connectivity index (χ1) is 9.26. The summed E-state index contributed by atoms with van der Waals surface area (Å²) in [5, 5.41) is 2.82. The fourth-order valence-electron chi connectivity index (χ4n) is 2.59. The molecule has 20 heavy (non-hydrogen) atoms. The topological polar surface area (TPSA) is 29.1 Å². The van der Waals surface area contributed by atoms with Gasteiger partial charge in [0.2, 0.25) is 5.91 Å². The van der Waals surface area contributed by atoms with Gasteiger partial charge in [0.1, 0.15) is 5.82 Å². The molecule has 0 bridgehead atoms. The van der Waals surface area contributed by atoms with Gasteiger partial charge in [-0.3, -0.25) is 4.79 Å². The molecular weight excluding hydrogens is 274 g/mol. The lowest BCUT2D eigenvalue weighted by molar-refractivity contribution is -0.140. The molecule has 1 unspecified atom stereocenters. The Labute approximate surface area is 114 Å². The molecule has 6 heteroatoms. The van der Waals surface area contributed by atoms with E-state index in [-0.39, 0.29) is 12.3 Å². The number of rotatable bonds is 3. The lowest BCUT2D eigenvalue weighted by Gasteiger charge is -2.28. The van der Waals surface area contributed by atoms with E-state index < -0.39 is 23.1 Å². The van der Waals surface area contributed by atoms with Crippen LogP contribution in [0.25, 0.3) is 0 Å². The van der Waals surface area contributed by atoms with Crippen LogP contribution in [-0.4, -0.2) is 11.4 Å². The van der Waals surface area contributed by atoms with Crippen molar-refractivity contribution in [3.05, 3.63) is 35.1 Å². The van der Waals surface area contributed by atoms with Crippen molar-refractivity contribution in [1.82, 2.24) is 5.32 Å². The second-order valence-electron chi connectivity index (χ2n) is 5.17. The molecule has 1 saturated heterocycles. The number of nitrogens with one attached hydrogen (secondary N) is 1. The van der Waals surface area contributed by atoms with Gasteiger partial charge in [-0.15, -0.1) is 0 Å². The summed E-state index contributed by atoms with van der Waals surface area (Å²) in [5.74, 6) is -1.37. The van der Waals surface area contributed by atoms with E-state index in [1.807, 2.05) is 6.92 Å². The molecule has 1 aliphatic rings. The smallest absolute Gasteiger partial charge is 0.350 e. The summed E-state index contributed by atoms with van der Waals surface area (Å²) >= 11 is 0. The van der Waals surface area contributed by atoms with Crippen molar-refractivity contribution < 1.29 is 22.4 Å². The molecule has 1 amide bonds. The van der Waals surface area contributed by atoms with Crippen LogP contribution in [0.1, 0.15) is 37.3 Å². The van der Waals surface area contributed by atoms with E-state index >= 15 is 0 Å². The quantitative estimate of drug-likeness (QED) is 0.848. The number of carbonyl (C=O) groups excluding carboxylic acids is 1. The van der Waals surface area contributed by atoms with Gasteiger partial charge < -0.3 is 5.32 Å². The largest absolute Gasteiger partial charge is 0.419 e. The Morgan fingerprint density at radius 2 is 2.05 bits per heavy atom. The molecule has 0 aliphatic carbocycles. The number of halogens is 4. The van der Waals surface area contributed by atoms with Crippen LogP contribution < -0.4 is 5.32 Å². The first-order valence-corrected chi connectivity index (χ1v) is 6.42. The van der Waals surface area contributed by atoms with Crippen LogP contribution in [-0.2, 0) is 17.4 Å². The Balaban J connectivity index is 2.28. The second kappa shape index (κ2) is 5.07. The van der Waals surface area contributed by atoms with Gasteiger partial charge >= 0.3 is 6.18 Å². The molecule has 110 valence electrons. The molecule has 0 aromatic heterocycles. The average molecular weight is 289 g/mol. The molecule has 1 fully saturated rings. The van der Waals surface area contributed by atoms with Crippen LogP contribution in [0.15, 0.2) is 18.2 Å². The highest BCUT2D eigenvalue weighted by atomic mass is 19.4. The summed E-state index contributed by atoms with van der Waals surface area (Å²) in [6, 6.07) is 3.00. The monoisotopic (exact) mass is 289 g/mol. The zero-order chi connectivity index (χ0) is 15.0. The van der Waals surface area contributed by atoms with Crippen molar-refractivity contribution in [3.8, 4) is 0 Å². The summed E-state index contributed by atoms with van der Waals surface area (Å²) in [5.41, 5.74) is -1.40. The van der Waals surface area contributed by atoms with Gasteiger partial charge in [-0.25, -0.2) is 4.39 Å². The van der Waals surface area contributed by atoms with Gasteiger partial charge in [-0.1, -0.05) is 13.0 Å². The minimum absolute atomic E-state index is 0.0926. The molecule has 1 aromatic carbocycles. The van der Waals surface area contributed by atoms with Crippen LogP contribution >= 0.6 is 0 Å². The molecule has 0 saturated carbocycles. The molecule has 1 atom stereocenters. The Morgan fingerprint density at radius 1 is 1.35 bits per heavy atom. The van der Waals surface area contributed by atoms with Crippen LogP contribution in [0.4, 0.5) is 17.6 Å². The van der Waals surface area contributed by atoms with Gasteiger partial charge in [-0.2, -0.15) is 13.2 Å². The third-order valence-corrected chi connectivity index (χ3v) is 3.79. The van der Waals surface area contributed by atoms with E-state index in [0.717, 1.165) is 12.1 Å². The van der Waals surface area contributed by atoms with Crippen molar-refractivity contribution in [1.29, 1.82) is 0 Å². The van der Waals surface area contributed by atoms with E-state index in [1.54, 1.807) is 0 Å². The number of hydrogen-bond donors (Lipinski definition) is 1. The predicted octanol–water partition coefficient (Wildman–Crippen LogP) is 3.45. The van der Waals surface area contributed by atoms with Gasteiger partial charge in [0.05, 0.1) is 5.56 Å². The number of amides is 1. The van der Waals surface area contributed by atoms with E-state index in [4.69, 9.17) is 0 Å². The summed E-state index contributed by atoms with van der Waals surface area (Å²) in [4.78, 5) is 11.3. The van der Waals surface area contributed by atoms with Crippen LogP contribution in [0, 0.1) is 5.82 Å². The zero-order valence-corrected chi connectivity index (χ0v) is 11.0. The highest BCUT2D eigenvalue weighted by Crippen LogP contribution is 2.34. The second-order valence-corrected chi connectivity index (χ2v) is 5.17. The first-order valence-electron chi connectivity index (χ1n) is 6.42. The van der Waals surface area contributed by atoms with Crippen molar-refractivity contribution in [2.24, 2.45) is 0 Å². The van der Waals surface area contributed by atoms with Crippen molar-refractivity contribution in [2.75, 3.05) is 0 Å². The van der Waals surface area contributed by atoms with Crippen LogP contribution in [0.5, 0.6) is 0 Å². The Bertz CT molecular complexity index is 526. The molecule has 1 aliphatic heterocycles. The molecule has 0 spiro atoms. The van der Waals surface area contributed by atoms with Crippen LogP contribution in [0.3, 0.4) is 0 Å². The Hall–Kier alpha value is -1.59. The third-order valence-electron chi connectivity index (χ3n) is 3.79. The van der Waals surface area contributed by atoms with E-state index in [2.05, 4.69) is 5.32 Å². The third kappa shape index (κ3) is 2.94. The summed E-state index contributed by atoms with van der Waals surface area (Å²) in [7, 11) is 0. The van der Waals surface area contributed by atoms with Gasteiger partial charge in [0.25, 0.3) is 0 Å². The molecule has 1 N–H and O–H groups in total. The van der Waals surface area contributed by atoms with Gasteiger partial charge in [0.15, 0.2) is 0 Å². The van der Waals surface area contributed by atoms with Crippen molar-refractivity contribution in [2.45, 2.75) is 44.3 Å². The average Bonchev–Trinajstić information content (AvgIpc) is 2.73. The van der Waals surface area contributed by atoms with Gasteiger partial charge in [0, 0.05) is 12.0 Å². The standard InChI is InChI=1S/C14H15F4NO/c1-2-13(6-5-12(20)19-13)8-9-3-4-11(15)10(7-9)14(16,17)18/h3-4,7H,2,5-6,8H2,1H3,(H,19,20). The molecule has 1 heterocycles. The lowest BCUT2D eigenvalue weighted by Crippen LogP contribution is -2.43. The Morgan fingerprint density at radius 3 is 2.55 bits per heavy atom. The number of benzene rings is 1. The van der Waals surface area contributed by atoms with Crippen LogP contribution in [0.2, 0.25) is 0 Å². The maximum atomic E-state index is 13.2. The summed E-state index contributed by atoms with van der Waals surface area (Å²) < 4.78 is 51.2. The highest BCUT2D eigenvalue weighted by Gasteiger charge is 2.38. The van der Waals surface area contributed by atoms with E-state index in [9.17, 15) is 22.4 Å². The number of alkyl halides is 3. The Kier molecular flexibility index (Phi) is 3.75. The maximum absolute atomic E-state index is 13.2. The fraction of sp³-hybridized carbons (Fsp3) is 0.500. The van der Waals surface area contributed by atoms with E-state index in [1.165, 1.54) is 6.07 Å². The first kappa shape index (κ1) is 14.8. The number of hydrogen-bond acceptors (Lipinski definition) is 1. The molecule has 1 aromatic rings. The van der Waals surface area contributed by atoms with Crippen molar-refractivity contribution in [3.63, 3.8) is 0 Å². The molecule has 0 radical (unpaired) electrons. The SMILES string of the molecule is CCC1(Cc2ccc(F)c(C(F)(F)F)c2)CCC(=O)N1. The minimum atomic E-state index is -4.71. The number of carbonyl (C=O) groups is 1. The highest BCUT2D eigenvalue weighted by molar-refractivity contribution is 5.79. The summed E-state index contributed by atoms with van der Waals surface area (Å²) in [6.07, 6.45) is -2.85. The van der Waals surface area contributed by atoms with Gasteiger partial charge in [-0.05, 0) is 37.0 Å².